The first-order valence-electron chi connectivity index (χ1n) is 6.51. The number of nitrogens with zero attached hydrogens (tertiary/aromatic N) is 3. The smallest absolute Gasteiger partial charge is 0.227 e. The minimum Gasteiger partial charge on any atom is -0.399 e. The number of rotatable bonds is 4. The summed E-state index contributed by atoms with van der Waals surface area (Å²) in [6.45, 7) is 0. The van der Waals surface area contributed by atoms with Crippen LogP contribution in [0.1, 0.15) is 11.5 Å². The van der Waals surface area contributed by atoms with Crippen molar-refractivity contribution < 1.29 is 4.52 Å². The van der Waals surface area contributed by atoms with Crippen LogP contribution in [0.4, 0.5) is 5.69 Å². The molecule has 0 spiro atoms. The second-order valence-corrected chi connectivity index (χ2v) is 4.95. The lowest BCUT2D eigenvalue weighted by atomic mass is 10.1. The Kier molecular flexibility index (Phi) is 3.83. The Morgan fingerprint density at radius 2 is 1.95 bits per heavy atom. The Morgan fingerprint density at radius 1 is 1.10 bits per heavy atom. The van der Waals surface area contributed by atoms with Crippen molar-refractivity contribution in [1.29, 1.82) is 0 Å². The van der Waals surface area contributed by atoms with Crippen LogP contribution in [-0.4, -0.2) is 15.1 Å². The van der Waals surface area contributed by atoms with Crippen molar-refractivity contribution in [2.45, 2.75) is 12.8 Å². The molecule has 0 aliphatic heterocycles. The van der Waals surface area contributed by atoms with Gasteiger partial charge in [-0.1, -0.05) is 35.0 Å². The number of pyridine rings is 1. The number of nitrogens with two attached hydrogens (primary N) is 1. The zero-order chi connectivity index (χ0) is 14.7. The molecule has 0 atom stereocenters. The van der Waals surface area contributed by atoms with Crippen LogP contribution in [-0.2, 0) is 12.8 Å². The third kappa shape index (κ3) is 3.03. The van der Waals surface area contributed by atoms with Gasteiger partial charge in [-0.25, -0.2) is 0 Å². The van der Waals surface area contributed by atoms with Gasteiger partial charge in [0.25, 0.3) is 0 Å². The van der Waals surface area contributed by atoms with Crippen molar-refractivity contribution in [3.8, 4) is 11.5 Å². The Bertz CT molecular complexity index is 757. The fourth-order valence-corrected chi connectivity index (χ4v) is 2.21. The normalized spacial score (nSPS) is 10.7. The number of halogens is 1. The number of hydrogen-bond acceptors (Lipinski definition) is 5. The number of aryl methyl sites for hydroxylation is 2. The highest BCUT2D eigenvalue weighted by Crippen LogP contribution is 2.22. The van der Waals surface area contributed by atoms with Gasteiger partial charge in [-0.3, -0.25) is 4.98 Å². The van der Waals surface area contributed by atoms with E-state index in [-0.39, 0.29) is 0 Å². The van der Waals surface area contributed by atoms with E-state index in [0.29, 0.717) is 28.9 Å². The van der Waals surface area contributed by atoms with E-state index in [4.69, 9.17) is 21.9 Å². The Hall–Kier alpha value is -2.40. The molecule has 3 aromatic rings. The Labute approximate surface area is 126 Å². The molecule has 3 rings (SSSR count). The van der Waals surface area contributed by atoms with Gasteiger partial charge in [-0.2, -0.15) is 4.98 Å². The van der Waals surface area contributed by atoms with Crippen molar-refractivity contribution in [1.82, 2.24) is 15.1 Å². The second-order valence-electron chi connectivity index (χ2n) is 4.54. The molecule has 21 heavy (non-hydrogen) atoms. The highest BCUT2D eigenvalue weighted by molar-refractivity contribution is 6.32. The van der Waals surface area contributed by atoms with E-state index < -0.39 is 0 Å². The van der Waals surface area contributed by atoms with Crippen LogP contribution in [0.5, 0.6) is 0 Å². The lowest BCUT2D eigenvalue weighted by Crippen LogP contribution is -1.97. The van der Waals surface area contributed by atoms with Gasteiger partial charge < -0.3 is 10.3 Å². The van der Waals surface area contributed by atoms with Gasteiger partial charge in [0.1, 0.15) is 5.69 Å². The quantitative estimate of drug-likeness (QED) is 0.749. The van der Waals surface area contributed by atoms with Gasteiger partial charge in [0.05, 0.1) is 5.02 Å². The molecule has 0 saturated heterocycles. The molecular weight excluding hydrogens is 288 g/mol. The fraction of sp³-hybridized carbons (Fsp3) is 0.133. The average Bonchev–Trinajstić information content (AvgIpc) is 2.96. The number of hydrogen-bond donors (Lipinski definition) is 1. The van der Waals surface area contributed by atoms with Gasteiger partial charge >= 0.3 is 0 Å². The zero-order valence-electron chi connectivity index (χ0n) is 11.2. The first-order chi connectivity index (χ1) is 10.2. The van der Waals surface area contributed by atoms with E-state index in [0.717, 1.165) is 17.7 Å². The average molecular weight is 301 g/mol. The lowest BCUT2D eigenvalue weighted by Gasteiger charge is -2.02. The Morgan fingerprint density at radius 3 is 2.76 bits per heavy atom. The summed E-state index contributed by atoms with van der Waals surface area (Å²) in [7, 11) is 0. The minimum atomic E-state index is 0.400. The summed E-state index contributed by atoms with van der Waals surface area (Å²) in [6, 6.07) is 11.2. The largest absolute Gasteiger partial charge is 0.399 e. The van der Waals surface area contributed by atoms with E-state index in [1.54, 1.807) is 18.3 Å². The van der Waals surface area contributed by atoms with E-state index in [9.17, 15) is 0 Å². The molecule has 0 saturated carbocycles. The van der Waals surface area contributed by atoms with Crippen molar-refractivity contribution in [3.05, 3.63) is 59.1 Å². The first kappa shape index (κ1) is 13.6. The van der Waals surface area contributed by atoms with Crippen LogP contribution in [0.15, 0.2) is 47.1 Å². The molecule has 2 heterocycles. The predicted octanol–water partition coefficient (Wildman–Crippen LogP) is 3.15. The highest BCUT2D eigenvalue weighted by atomic mass is 35.5. The van der Waals surface area contributed by atoms with Crippen LogP contribution in [0.2, 0.25) is 5.02 Å². The van der Waals surface area contributed by atoms with Gasteiger partial charge in [0.15, 0.2) is 0 Å². The third-order valence-corrected chi connectivity index (χ3v) is 3.41. The molecule has 5 nitrogen and oxygen atoms in total. The molecule has 2 N–H and O–H groups in total. The van der Waals surface area contributed by atoms with Crippen LogP contribution in [0.25, 0.3) is 11.5 Å². The van der Waals surface area contributed by atoms with Crippen molar-refractivity contribution in [2.24, 2.45) is 0 Å². The molecule has 0 radical (unpaired) electrons. The molecular formula is C15H13ClN4O. The first-order valence-corrected chi connectivity index (χ1v) is 6.88. The number of benzene rings is 1. The van der Waals surface area contributed by atoms with Crippen LogP contribution >= 0.6 is 11.6 Å². The van der Waals surface area contributed by atoms with E-state index in [2.05, 4.69) is 15.1 Å². The minimum absolute atomic E-state index is 0.400. The van der Waals surface area contributed by atoms with Crippen LogP contribution in [0.3, 0.4) is 0 Å². The molecule has 0 aliphatic rings. The fourth-order valence-electron chi connectivity index (χ4n) is 2.01. The maximum atomic E-state index is 6.06. The molecule has 2 aromatic heterocycles. The predicted molar refractivity (Wildman–Crippen MR) is 80.8 cm³/mol. The standard InChI is InChI=1S/C15H13ClN4O/c16-11-5-3-9-18-14(11)15-19-13(21-20-15)8-7-10-4-1-2-6-12(10)17/h1-6,9H,7-8,17H2. The van der Waals surface area contributed by atoms with Crippen LogP contribution in [0, 0.1) is 0 Å². The van der Waals surface area contributed by atoms with Crippen molar-refractivity contribution in [3.63, 3.8) is 0 Å². The third-order valence-electron chi connectivity index (χ3n) is 3.10. The maximum Gasteiger partial charge on any atom is 0.227 e. The number of para-hydroxylation sites is 1. The van der Waals surface area contributed by atoms with E-state index >= 15 is 0 Å². The molecule has 0 aliphatic carbocycles. The van der Waals surface area contributed by atoms with E-state index in [1.807, 2.05) is 24.3 Å². The molecule has 0 unspecified atom stereocenters. The number of aromatic nitrogens is 3. The molecule has 0 amide bonds. The SMILES string of the molecule is Nc1ccccc1CCc1nc(-c2ncccc2Cl)no1. The molecule has 0 fully saturated rings. The van der Waals surface area contributed by atoms with Gasteiger partial charge in [-0.15, -0.1) is 0 Å². The Balaban J connectivity index is 1.74. The van der Waals surface area contributed by atoms with Crippen molar-refractivity contribution in [2.75, 3.05) is 5.73 Å². The summed E-state index contributed by atoms with van der Waals surface area (Å²) >= 11 is 6.06. The summed E-state index contributed by atoms with van der Waals surface area (Å²) in [5.74, 6) is 0.937. The monoisotopic (exact) mass is 300 g/mol. The highest BCUT2D eigenvalue weighted by Gasteiger charge is 2.13. The maximum absolute atomic E-state index is 6.06. The summed E-state index contributed by atoms with van der Waals surface area (Å²) < 4.78 is 5.24. The van der Waals surface area contributed by atoms with Crippen LogP contribution < -0.4 is 5.73 Å². The molecule has 6 heteroatoms. The molecule has 0 bridgehead atoms. The molecule has 1 aromatic carbocycles. The number of anilines is 1. The van der Waals surface area contributed by atoms with Gasteiger partial charge in [0, 0.05) is 18.3 Å². The zero-order valence-corrected chi connectivity index (χ0v) is 11.9. The summed E-state index contributed by atoms with van der Waals surface area (Å²) in [4.78, 5) is 8.48. The van der Waals surface area contributed by atoms with Gasteiger partial charge in [0.2, 0.25) is 11.7 Å². The van der Waals surface area contributed by atoms with Crippen molar-refractivity contribution >= 4 is 17.3 Å². The van der Waals surface area contributed by atoms with E-state index in [1.165, 1.54) is 0 Å². The van der Waals surface area contributed by atoms with Gasteiger partial charge in [-0.05, 0) is 30.2 Å². The summed E-state index contributed by atoms with van der Waals surface area (Å²) in [5, 5.41) is 4.42. The summed E-state index contributed by atoms with van der Waals surface area (Å²) in [6.07, 6.45) is 3.00. The summed E-state index contributed by atoms with van der Waals surface area (Å²) in [5.41, 5.74) is 8.26. The lowest BCUT2D eigenvalue weighted by molar-refractivity contribution is 0.379. The number of nitrogen functional groups attached to an aromatic ring is 1. The molecule has 106 valence electrons. The second kappa shape index (κ2) is 5.93. The topological polar surface area (TPSA) is 77.8 Å².